The summed E-state index contributed by atoms with van der Waals surface area (Å²) in [5, 5.41) is 9.52. The van der Waals surface area contributed by atoms with Crippen LogP contribution in [0.15, 0.2) is 65.6 Å². The van der Waals surface area contributed by atoms with E-state index in [0.29, 0.717) is 17.7 Å². The smallest absolute Gasteiger partial charge is 0.262 e. The molecule has 0 saturated carbocycles. The molecular weight excluding hydrogens is 436 g/mol. The zero-order valence-corrected chi connectivity index (χ0v) is 20.2. The van der Waals surface area contributed by atoms with Gasteiger partial charge in [0.05, 0.1) is 22.8 Å². The first kappa shape index (κ1) is 24.5. The number of aliphatic hydroxyl groups excluding tert-OH is 1. The van der Waals surface area contributed by atoms with E-state index in [-0.39, 0.29) is 35.2 Å². The van der Waals surface area contributed by atoms with Gasteiger partial charge in [-0.1, -0.05) is 48.5 Å². The Labute approximate surface area is 195 Å². The predicted molar refractivity (Wildman–Crippen MR) is 131 cm³/mol. The third-order valence-electron chi connectivity index (χ3n) is 5.84. The highest BCUT2D eigenvalue weighted by atomic mass is 32.2. The number of hydrogen-bond donors (Lipinski definition) is 2. The maximum Gasteiger partial charge on any atom is 0.262 e. The van der Waals surface area contributed by atoms with Crippen LogP contribution in [0.4, 0.5) is 5.69 Å². The first-order valence-corrected chi connectivity index (χ1v) is 12.3. The highest BCUT2D eigenvalue weighted by Gasteiger charge is 2.25. The maximum absolute atomic E-state index is 13.4. The van der Waals surface area contributed by atoms with Crippen LogP contribution in [0.25, 0.3) is 0 Å². The van der Waals surface area contributed by atoms with Crippen molar-refractivity contribution in [3.63, 3.8) is 0 Å². The Hall–Kier alpha value is -3.16. The molecule has 0 aliphatic rings. The third kappa shape index (κ3) is 5.43. The number of aliphatic hydroxyl groups is 1. The van der Waals surface area contributed by atoms with Crippen molar-refractivity contribution in [1.29, 1.82) is 0 Å². The lowest BCUT2D eigenvalue weighted by atomic mass is 10.0. The van der Waals surface area contributed by atoms with Crippen molar-refractivity contribution in [3.8, 4) is 0 Å². The van der Waals surface area contributed by atoms with Gasteiger partial charge in [-0.2, -0.15) is 0 Å². The van der Waals surface area contributed by atoms with Gasteiger partial charge in [-0.05, 0) is 67.6 Å². The molecule has 0 unspecified atom stereocenters. The van der Waals surface area contributed by atoms with Gasteiger partial charge in [0.1, 0.15) is 0 Å². The molecule has 1 amide bonds. The number of nitrogens with zero attached hydrogens (tertiary/aromatic N) is 1. The molecule has 0 saturated heterocycles. The summed E-state index contributed by atoms with van der Waals surface area (Å²) < 4.78 is 29.5. The summed E-state index contributed by atoms with van der Waals surface area (Å²) in [6.07, 6.45) is 0. The van der Waals surface area contributed by atoms with Crippen LogP contribution >= 0.6 is 0 Å². The number of rotatable bonds is 8. The summed E-state index contributed by atoms with van der Waals surface area (Å²) in [6.45, 7) is 7.57. The van der Waals surface area contributed by atoms with Gasteiger partial charge >= 0.3 is 0 Å². The number of anilines is 1. The van der Waals surface area contributed by atoms with E-state index in [1.807, 2.05) is 50.2 Å². The summed E-state index contributed by atoms with van der Waals surface area (Å²) in [6, 6.07) is 18.0. The van der Waals surface area contributed by atoms with Gasteiger partial charge in [0.2, 0.25) is 0 Å². The lowest BCUT2D eigenvalue weighted by Gasteiger charge is -2.24. The normalized spacial score (nSPS) is 11.3. The molecule has 0 aliphatic heterocycles. The highest BCUT2D eigenvalue weighted by molar-refractivity contribution is 7.92. The lowest BCUT2D eigenvalue weighted by Crippen LogP contribution is -2.33. The predicted octanol–water partition coefficient (Wildman–Crippen LogP) is 4.36. The molecule has 0 aromatic heterocycles. The minimum Gasteiger partial charge on any atom is -0.395 e. The van der Waals surface area contributed by atoms with Crippen LogP contribution < -0.4 is 4.72 Å². The molecule has 3 rings (SSSR count). The zero-order valence-electron chi connectivity index (χ0n) is 19.4. The number of nitrogens with one attached hydrogen (secondary N) is 1. The highest BCUT2D eigenvalue weighted by Crippen LogP contribution is 2.29. The van der Waals surface area contributed by atoms with Crippen LogP contribution in [-0.4, -0.2) is 37.5 Å². The van der Waals surface area contributed by atoms with E-state index < -0.39 is 10.0 Å². The van der Waals surface area contributed by atoms with Crippen molar-refractivity contribution in [1.82, 2.24) is 4.90 Å². The topological polar surface area (TPSA) is 86.7 Å². The Kier molecular flexibility index (Phi) is 7.56. The van der Waals surface area contributed by atoms with Crippen molar-refractivity contribution >= 4 is 21.6 Å². The Morgan fingerprint density at radius 2 is 1.48 bits per heavy atom. The van der Waals surface area contributed by atoms with Gasteiger partial charge in [0.25, 0.3) is 15.9 Å². The number of carbonyl (C=O) groups excluding carboxylic acids is 1. The number of benzene rings is 3. The first-order valence-electron chi connectivity index (χ1n) is 10.8. The van der Waals surface area contributed by atoms with Gasteiger partial charge in [0, 0.05) is 13.1 Å². The van der Waals surface area contributed by atoms with Gasteiger partial charge in [-0.3, -0.25) is 9.52 Å². The van der Waals surface area contributed by atoms with Crippen LogP contribution in [-0.2, 0) is 16.6 Å². The lowest BCUT2D eigenvalue weighted by molar-refractivity contribution is 0.0709. The number of para-hydroxylation sites is 1. The second kappa shape index (κ2) is 10.2. The summed E-state index contributed by atoms with van der Waals surface area (Å²) >= 11 is 0. The van der Waals surface area contributed by atoms with E-state index >= 15 is 0 Å². The van der Waals surface area contributed by atoms with Gasteiger partial charge in [-0.25, -0.2) is 8.42 Å². The van der Waals surface area contributed by atoms with Crippen molar-refractivity contribution in [3.05, 3.63) is 94.0 Å². The largest absolute Gasteiger partial charge is 0.395 e. The molecule has 0 radical (unpaired) electrons. The number of amides is 1. The molecule has 7 heteroatoms. The van der Waals surface area contributed by atoms with E-state index in [4.69, 9.17) is 0 Å². The fraction of sp³-hybridized carbons (Fsp3) is 0.269. The van der Waals surface area contributed by atoms with E-state index in [1.54, 1.807) is 38.1 Å². The molecule has 0 aliphatic carbocycles. The number of hydrogen-bond acceptors (Lipinski definition) is 4. The Morgan fingerprint density at radius 3 is 2.09 bits per heavy atom. The van der Waals surface area contributed by atoms with Crippen molar-refractivity contribution in [2.75, 3.05) is 17.9 Å². The Balaban J connectivity index is 1.98. The van der Waals surface area contributed by atoms with Crippen LogP contribution in [0.5, 0.6) is 0 Å². The fourth-order valence-corrected chi connectivity index (χ4v) is 5.58. The SMILES string of the molecule is Cc1cc(C)c(C)c(S(=O)(=O)Nc2ccccc2C(=O)N(CCO)Cc2ccccc2)c1C. The van der Waals surface area contributed by atoms with Crippen LogP contribution in [0.1, 0.15) is 38.2 Å². The van der Waals surface area contributed by atoms with Crippen LogP contribution in [0, 0.1) is 27.7 Å². The zero-order chi connectivity index (χ0) is 24.2. The second-order valence-corrected chi connectivity index (χ2v) is 9.80. The van der Waals surface area contributed by atoms with Gasteiger partial charge in [0.15, 0.2) is 0 Å². The molecule has 0 atom stereocenters. The summed E-state index contributed by atoms with van der Waals surface area (Å²) in [5.74, 6) is -0.361. The first-order chi connectivity index (χ1) is 15.7. The van der Waals surface area contributed by atoms with E-state index in [0.717, 1.165) is 16.7 Å². The standard InChI is InChI=1S/C26H30N2O4S/c1-18-16-19(2)21(4)25(20(18)3)33(31,32)27-24-13-9-8-12-23(24)26(30)28(14-15-29)17-22-10-6-5-7-11-22/h5-13,16,27,29H,14-15,17H2,1-4H3. The quantitative estimate of drug-likeness (QED) is 0.517. The minimum absolute atomic E-state index is 0.129. The maximum atomic E-state index is 13.4. The summed E-state index contributed by atoms with van der Waals surface area (Å²) in [7, 11) is -3.94. The van der Waals surface area contributed by atoms with Crippen LogP contribution in [0.3, 0.4) is 0 Å². The van der Waals surface area contributed by atoms with Crippen LogP contribution in [0.2, 0.25) is 0 Å². The molecule has 2 N–H and O–H groups in total. The van der Waals surface area contributed by atoms with Crippen molar-refractivity contribution in [2.24, 2.45) is 0 Å². The average Bonchev–Trinajstić information content (AvgIpc) is 2.78. The average molecular weight is 467 g/mol. The Bertz CT molecular complexity index is 1230. The monoisotopic (exact) mass is 466 g/mol. The van der Waals surface area contributed by atoms with E-state index in [9.17, 15) is 18.3 Å². The summed E-state index contributed by atoms with van der Waals surface area (Å²) in [5.41, 5.74) is 4.49. The molecule has 0 spiro atoms. The number of aryl methyl sites for hydroxylation is 2. The number of sulfonamides is 1. The third-order valence-corrected chi connectivity index (χ3v) is 7.48. The molecule has 0 heterocycles. The van der Waals surface area contributed by atoms with Gasteiger partial charge in [-0.15, -0.1) is 0 Å². The Morgan fingerprint density at radius 1 is 0.909 bits per heavy atom. The number of carbonyl (C=O) groups is 1. The molecule has 0 fully saturated rings. The molecule has 3 aromatic carbocycles. The molecule has 33 heavy (non-hydrogen) atoms. The second-order valence-electron chi connectivity index (χ2n) is 8.18. The molecule has 3 aromatic rings. The van der Waals surface area contributed by atoms with Crippen molar-refractivity contribution in [2.45, 2.75) is 39.1 Å². The van der Waals surface area contributed by atoms with Crippen molar-refractivity contribution < 1.29 is 18.3 Å². The molecule has 174 valence electrons. The summed E-state index contributed by atoms with van der Waals surface area (Å²) in [4.78, 5) is 15.1. The van der Waals surface area contributed by atoms with E-state index in [2.05, 4.69) is 4.72 Å². The minimum atomic E-state index is -3.94. The van der Waals surface area contributed by atoms with E-state index in [1.165, 1.54) is 4.90 Å². The molecule has 6 nitrogen and oxygen atoms in total. The molecule has 0 bridgehead atoms. The molecular formula is C26H30N2O4S. The van der Waals surface area contributed by atoms with Gasteiger partial charge < -0.3 is 10.0 Å². The fourth-order valence-electron chi connectivity index (χ4n) is 3.89.